The first-order chi connectivity index (χ1) is 14.6. The van der Waals surface area contributed by atoms with Crippen molar-refractivity contribution < 1.29 is 13.6 Å². The summed E-state index contributed by atoms with van der Waals surface area (Å²) in [5.74, 6) is -1.35. The van der Waals surface area contributed by atoms with E-state index in [2.05, 4.69) is 22.3 Å². The molecule has 2 heterocycles. The van der Waals surface area contributed by atoms with Gasteiger partial charge in [-0.15, -0.1) is 0 Å². The van der Waals surface area contributed by atoms with E-state index >= 15 is 0 Å². The fourth-order valence-electron chi connectivity index (χ4n) is 4.28. The number of amides is 2. The number of hydrogen-bond acceptors (Lipinski definition) is 3. The zero-order valence-electron chi connectivity index (χ0n) is 17.1. The SMILES string of the molecule is O=C(NCC1CCN(c2ccc(F)c(F)c2)C1)N1CCCN(c2ccccc2)CC1. The van der Waals surface area contributed by atoms with Crippen LogP contribution in [-0.2, 0) is 0 Å². The zero-order chi connectivity index (χ0) is 20.9. The van der Waals surface area contributed by atoms with Crippen molar-refractivity contribution in [3.63, 3.8) is 0 Å². The largest absolute Gasteiger partial charge is 0.371 e. The van der Waals surface area contributed by atoms with Gasteiger partial charge < -0.3 is 20.0 Å². The molecular weight excluding hydrogens is 386 g/mol. The molecule has 2 aromatic carbocycles. The summed E-state index contributed by atoms with van der Waals surface area (Å²) in [5, 5.41) is 3.08. The topological polar surface area (TPSA) is 38.8 Å². The lowest BCUT2D eigenvalue weighted by atomic mass is 10.1. The first-order valence-corrected chi connectivity index (χ1v) is 10.6. The molecule has 2 amide bonds. The summed E-state index contributed by atoms with van der Waals surface area (Å²) in [4.78, 5) is 18.9. The number of carbonyl (C=O) groups is 1. The van der Waals surface area contributed by atoms with E-state index in [9.17, 15) is 13.6 Å². The van der Waals surface area contributed by atoms with E-state index < -0.39 is 11.6 Å². The molecule has 2 fully saturated rings. The molecule has 1 N–H and O–H groups in total. The first-order valence-electron chi connectivity index (χ1n) is 10.6. The minimum absolute atomic E-state index is 0.0174. The second kappa shape index (κ2) is 9.32. The van der Waals surface area contributed by atoms with Crippen molar-refractivity contribution in [2.24, 2.45) is 5.92 Å². The molecule has 160 valence electrons. The highest BCUT2D eigenvalue weighted by atomic mass is 19.2. The van der Waals surface area contributed by atoms with Crippen molar-refractivity contribution in [1.82, 2.24) is 10.2 Å². The second-order valence-corrected chi connectivity index (χ2v) is 8.05. The maximum atomic E-state index is 13.5. The number of hydrogen-bond donors (Lipinski definition) is 1. The van der Waals surface area contributed by atoms with Crippen molar-refractivity contribution in [2.75, 3.05) is 55.6 Å². The van der Waals surface area contributed by atoms with Gasteiger partial charge in [0.2, 0.25) is 0 Å². The maximum Gasteiger partial charge on any atom is 0.317 e. The first kappa shape index (κ1) is 20.4. The Morgan fingerprint density at radius 2 is 1.73 bits per heavy atom. The number of para-hydroxylation sites is 1. The molecule has 0 aliphatic carbocycles. The highest BCUT2D eigenvalue weighted by Crippen LogP contribution is 2.25. The van der Waals surface area contributed by atoms with Crippen molar-refractivity contribution in [2.45, 2.75) is 12.8 Å². The van der Waals surface area contributed by atoms with Crippen LogP contribution >= 0.6 is 0 Å². The normalized spacial score (nSPS) is 19.7. The standard InChI is InChI=1S/C23H28F2N4O/c24-21-8-7-20(15-22(21)25)29-12-9-18(17-29)16-26-23(30)28-11-4-10-27(13-14-28)19-5-2-1-3-6-19/h1-3,5-8,15,18H,4,9-14,16-17H2,(H,26,30). The second-order valence-electron chi connectivity index (χ2n) is 8.05. The fraction of sp³-hybridized carbons (Fsp3) is 0.435. The van der Waals surface area contributed by atoms with Crippen LogP contribution in [0, 0.1) is 17.6 Å². The lowest BCUT2D eigenvalue weighted by molar-refractivity contribution is 0.200. The molecule has 5 nitrogen and oxygen atoms in total. The Labute approximate surface area is 176 Å². The monoisotopic (exact) mass is 414 g/mol. The molecule has 1 atom stereocenters. The molecule has 7 heteroatoms. The van der Waals surface area contributed by atoms with Crippen molar-refractivity contribution in [3.05, 3.63) is 60.2 Å². The van der Waals surface area contributed by atoms with Crippen LogP contribution in [0.5, 0.6) is 0 Å². The number of nitrogens with zero attached hydrogens (tertiary/aromatic N) is 3. The lowest BCUT2D eigenvalue weighted by Crippen LogP contribution is -2.43. The van der Waals surface area contributed by atoms with E-state index in [1.54, 1.807) is 6.07 Å². The predicted octanol–water partition coefficient (Wildman–Crippen LogP) is 3.71. The Morgan fingerprint density at radius 3 is 2.53 bits per heavy atom. The van der Waals surface area contributed by atoms with Crippen LogP contribution < -0.4 is 15.1 Å². The molecule has 0 bridgehead atoms. The van der Waals surface area contributed by atoms with E-state index in [-0.39, 0.29) is 6.03 Å². The Bertz CT molecular complexity index is 864. The molecule has 2 saturated heterocycles. The maximum absolute atomic E-state index is 13.5. The summed E-state index contributed by atoms with van der Waals surface area (Å²) < 4.78 is 26.6. The molecule has 4 rings (SSSR count). The Morgan fingerprint density at radius 1 is 0.900 bits per heavy atom. The number of urea groups is 1. The summed E-state index contributed by atoms with van der Waals surface area (Å²) in [6.45, 7) is 5.32. The Balaban J connectivity index is 1.24. The van der Waals surface area contributed by atoms with Gasteiger partial charge in [0.25, 0.3) is 0 Å². The third kappa shape index (κ3) is 4.83. The van der Waals surface area contributed by atoms with Gasteiger partial charge in [-0.05, 0) is 43.0 Å². The molecule has 2 aliphatic rings. The molecule has 0 spiro atoms. The van der Waals surface area contributed by atoms with Gasteiger partial charge in [-0.2, -0.15) is 0 Å². The van der Waals surface area contributed by atoms with Gasteiger partial charge in [-0.3, -0.25) is 0 Å². The van der Waals surface area contributed by atoms with Crippen molar-refractivity contribution in [1.29, 1.82) is 0 Å². The van der Waals surface area contributed by atoms with E-state index in [1.807, 2.05) is 28.0 Å². The molecule has 0 aromatic heterocycles. The van der Waals surface area contributed by atoms with Crippen molar-refractivity contribution in [3.8, 4) is 0 Å². The van der Waals surface area contributed by atoms with Gasteiger partial charge >= 0.3 is 6.03 Å². The number of carbonyl (C=O) groups excluding carboxylic acids is 1. The third-order valence-electron chi connectivity index (χ3n) is 6.00. The van der Waals surface area contributed by atoms with Gasteiger partial charge in [0.15, 0.2) is 11.6 Å². The molecular formula is C23H28F2N4O. The van der Waals surface area contributed by atoms with Gasteiger partial charge in [0.05, 0.1) is 0 Å². The third-order valence-corrected chi connectivity index (χ3v) is 6.00. The minimum Gasteiger partial charge on any atom is -0.371 e. The fourth-order valence-corrected chi connectivity index (χ4v) is 4.28. The van der Waals surface area contributed by atoms with E-state index in [4.69, 9.17) is 0 Å². The van der Waals surface area contributed by atoms with Gasteiger partial charge in [0.1, 0.15) is 0 Å². The lowest BCUT2D eigenvalue weighted by Gasteiger charge is -2.24. The number of benzene rings is 2. The van der Waals surface area contributed by atoms with E-state index in [1.165, 1.54) is 11.8 Å². The van der Waals surface area contributed by atoms with Crippen LogP contribution in [0.4, 0.5) is 25.0 Å². The highest BCUT2D eigenvalue weighted by Gasteiger charge is 2.25. The molecule has 2 aliphatic heterocycles. The average Bonchev–Trinajstić information content (AvgIpc) is 3.10. The van der Waals surface area contributed by atoms with Crippen molar-refractivity contribution >= 4 is 17.4 Å². The van der Waals surface area contributed by atoms with Crippen LogP contribution in [0.25, 0.3) is 0 Å². The smallest absolute Gasteiger partial charge is 0.317 e. The molecule has 1 unspecified atom stereocenters. The van der Waals surface area contributed by atoms with Gasteiger partial charge in [0, 0.05) is 63.3 Å². The summed E-state index contributed by atoms with van der Waals surface area (Å²) in [6.07, 6.45) is 1.86. The molecule has 0 saturated carbocycles. The number of halogens is 2. The van der Waals surface area contributed by atoms with E-state index in [0.717, 1.165) is 51.6 Å². The summed E-state index contributed by atoms with van der Waals surface area (Å²) in [6, 6.07) is 14.3. The van der Waals surface area contributed by atoms with Gasteiger partial charge in [-0.25, -0.2) is 13.6 Å². The quantitative estimate of drug-likeness (QED) is 0.829. The molecule has 30 heavy (non-hydrogen) atoms. The molecule has 0 radical (unpaired) electrons. The zero-order valence-corrected chi connectivity index (χ0v) is 17.1. The highest BCUT2D eigenvalue weighted by molar-refractivity contribution is 5.74. The Kier molecular flexibility index (Phi) is 6.35. The number of nitrogens with one attached hydrogen (secondary N) is 1. The molecule has 2 aromatic rings. The summed E-state index contributed by atoms with van der Waals surface area (Å²) in [5.41, 5.74) is 1.89. The Hall–Kier alpha value is -2.83. The van der Waals surface area contributed by atoms with Gasteiger partial charge in [-0.1, -0.05) is 18.2 Å². The predicted molar refractivity (Wildman–Crippen MR) is 115 cm³/mol. The average molecular weight is 415 g/mol. The van der Waals surface area contributed by atoms with E-state index in [0.29, 0.717) is 24.7 Å². The number of rotatable bonds is 4. The minimum atomic E-state index is -0.829. The summed E-state index contributed by atoms with van der Waals surface area (Å²) in [7, 11) is 0. The van der Waals surface area contributed by atoms with Crippen LogP contribution in [0.3, 0.4) is 0 Å². The number of anilines is 2. The van der Waals surface area contributed by atoms with Crippen LogP contribution in [0.2, 0.25) is 0 Å². The summed E-state index contributed by atoms with van der Waals surface area (Å²) >= 11 is 0. The van der Waals surface area contributed by atoms with Crippen LogP contribution in [0.15, 0.2) is 48.5 Å². The van der Waals surface area contributed by atoms with Crippen LogP contribution in [-0.4, -0.2) is 56.7 Å². The van der Waals surface area contributed by atoms with Crippen LogP contribution in [0.1, 0.15) is 12.8 Å².